The Morgan fingerprint density at radius 1 is 1.40 bits per heavy atom. The first-order valence-corrected chi connectivity index (χ1v) is 5.73. The van der Waals surface area contributed by atoms with E-state index < -0.39 is 0 Å². The molecule has 4 nitrogen and oxygen atoms in total. The molecule has 1 atom stereocenters. The van der Waals surface area contributed by atoms with E-state index in [0.717, 1.165) is 30.8 Å². The van der Waals surface area contributed by atoms with Gasteiger partial charge in [-0.15, -0.1) is 0 Å². The van der Waals surface area contributed by atoms with Gasteiger partial charge < -0.3 is 4.98 Å². The molecule has 2 N–H and O–H groups in total. The number of nitrogens with zero attached hydrogens (tertiary/aromatic N) is 1. The standard InChI is InChI=1S/C10H13N3OS/c14-9-7-5-13-3-1-2-6(13)4-8(7)11-10(15)12-9/h6H,1-5H2,(H2,11,12,14,15). The van der Waals surface area contributed by atoms with Crippen molar-refractivity contribution in [1.82, 2.24) is 14.9 Å². The second kappa shape index (κ2) is 3.28. The predicted molar refractivity (Wildman–Crippen MR) is 59.4 cm³/mol. The lowest BCUT2D eigenvalue weighted by atomic mass is 10.0. The van der Waals surface area contributed by atoms with Crippen LogP contribution in [0.5, 0.6) is 0 Å². The van der Waals surface area contributed by atoms with Gasteiger partial charge in [-0.2, -0.15) is 0 Å². The Bertz CT molecular complexity index is 504. The Balaban J connectivity index is 2.11. The lowest BCUT2D eigenvalue weighted by Gasteiger charge is -2.30. The molecule has 5 heteroatoms. The lowest BCUT2D eigenvalue weighted by Crippen LogP contribution is -2.39. The molecule has 0 aromatic carbocycles. The largest absolute Gasteiger partial charge is 0.335 e. The number of rotatable bonds is 0. The third-order valence-corrected chi connectivity index (χ3v) is 3.63. The van der Waals surface area contributed by atoms with Crippen LogP contribution in [0.2, 0.25) is 0 Å². The van der Waals surface area contributed by atoms with Crippen molar-refractivity contribution in [2.45, 2.75) is 31.8 Å². The van der Waals surface area contributed by atoms with Crippen molar-refractivity contribution >= 4 is 12.2 Å². The van der Waals surface area contributed by atoms with Gasteiger partial charge in [0.1, 0.15) is 0 Å². The molecule has 0 bridgehead atoms. The van der Waals surface area contributed by atoms with Crippen LogP contribution in [0.1, 0.15) is 24.1 Å². The van der Waals surface area contributed by atoms with Gasteiger partial charge in [0, 0.05) is 24.7 Å². The zero-order valence-electron chi connectivity index (χ0n) is 8.38. The summed E-state index contributed by atoms with van der Waals surface area (Å²) < 4.78 is 0.449. The lowest BCUT2D eigenvalue weighted by molar-refractivity contribution is 0.223. The molecule has 1 saturated heterocycles. The molecule has 1 aromatic rings. The van der Waals surface area contributed by atoms with Gasteiger partial charge >= 0.3 is 0 Å². The third-order valence-electron chi connectivity index (χ3n) is 3.43. The summed E-state index contributed by atoms with van der Waals surface area (Å²) in [6.07, 6.45) is 3.44. The molecule has 2 aliphatic rings. The fourth-order valence-corrected chi connectivity index (χ4v) is 2.89. The van der Waals surface area contributed by atoms with Gasteiger partial charge in [-0.25, -0.2) is 0 Å². The summed E-state index contributed by atoms with van der Waals surface area (Å²) in [4.78, 5) is 19.9. The Morgan fingerprint density at radius 3 is 3.13 bits per heavy atom. The van der Waals surface area contributed by atoms with E-state index in [1.54, 1.807) is 0 Å². The molecule has 80 valence electrons. The monoisotopic (exact) mass is 223 g/mol. The van der Waals surface area contributed by atoms with Gasteiger partial charge in [0.15, 0.2) is 4.77 Å². The third kappa shape index (κ3) is 1.46. The SMILES string of the molecule is O=c1[nH]c(=S)[nH]c2c1CN1CCCC1C2. The van der Waals surface area contributed by atoms with E-state index in [2.05, 4.69) is 14.9 Å². The number of aromatic amines is 2. The molecule has 3 heterocycles. The second-order valence-corrected chi connectivity index (χ2v) is 4.74. The van der Waals surface area contributed by atoms with E-state index in [1.165, 1.54) is 12.8 Å². The Morgan fingerprint density at radius 2 is 2.27 bits per heavy atom. The molecule has 3 rings (SSSR count). The highest BCUT2D eigenvalue weighted by atomic mass is 32.1. The van der Waals surface area contributed by atoms with Crippen LogP contribution in [0.4, 0.5) is 0 Å². The van der Waals surface area contributed by atoms with Gasteiger partial charge in [0.2, 0.25) is 0 Å². The van der Waals surface area contributed by atoms with Gasteiger partial charge in [-0.1, -0.05) is 0 Å². The summed E-state index contributed by atoms with van der Waals surface area (Å²) >= 11 is 4.98. The summed E-state index contributed by atoms with van der Waals surface area (Å²) in [6.45, 7) is 1.90. The van der Waals surface area contributed by atoms with E-state index in [0.29, 0.717) is 10.8 Å². The van der Waals surface area contributed by atoms with Crippen LogP contribution in [0.25, 0.3) is 0 Å². The fourth-order valence-electron chi connectivity index (χ4n) is 2.67. The first-order chi connectivity index (χ1) is 7.24. The average Bonchev–Trinajstić information content (AvgIpc) is 2.61. The molecular weight excluding hydrogens is 210 g/mol. The molecule has 15 heavy (non-hydrogen) atoms. The molecule has 1 fully saturated rings. The van der Waals surface area contributed by atoms with Gasteiger partial charge in [0.25, 0.3) is 5.56 Å². The minimum atomic E-state index is -0.0147. The maximum absolute atomic E-state index is 11.7. The van der Waals surface area contributed by atoms with Gasteiger partial charge in [-0.3, -0.25) is 14.7 Å². The first-order valence-electron chi connectivity index (χ1n) is 5.32. The predicted octanol–water partition coefficient (Wildman–Crippen LogP) is 0.953. The Kier molecular flexibility index (Phi) is 2.03. The highest BCUT2D eigenvalue weighted by Crippen LogP contribution is 2.27. The molecule has 0 spiro atoms. The van der Waals surface area contributed by atoms with Crippen molar-refractivity contribution in [3.8, 4) is 0 Å². The minimum Gasteiger partial charge on any atom is -0.335 e. The zero-order valence-corrected chi connectivity index (χ0v) is 9.19. The average molecular weight is 223 g/mol. The smallest absolute Gasteiger partial charge is 0.256 e. The van der Waals surface area contributed by atoms with E-state index in [1.807, 2.05) is 0 Å². The summed E-state index contributed by atoms with van der Waals surface area (Å²) in [6, 6.07) is 0.616. The molecule has 0 radical (unpaired) electrons. The zero-order chi connectivity index (χ0) is 10.4. The maximum Gasteiger partial charge on any atom is 0.256 e. The summed E-state index contributed by atoms with van der Waals surface area (Å²) in [5, 5.41) is 0. The maximum atomic E-state index is 11.7. The summed E-state index contributed by atoms with van der Waals surface area (Å²) in [5.74, 6) is 0. The van der Waals surface area contributed by atoms with Crippen molar-refractivity contribution in [1.29, 1.82) is 0 Å². The van der Waals surface area contributed by atoms with Crippen LogP contribution in [0.15, 0.2) is 4.79 Å². The van der Waals surface area contributed by atoms with E-state index in [-0.39, 0.29) is 5.56 Å². The molecule has 0 amide bonds. The quantitative estimate of drug-likeness (QED) is 0.644. The Hall–Kier alpha value is -0.940. The molecule has 1 unspecified atom stereocenters. The highest BCUT2D eigenvalue weighted by molar-refractivity contribution is 7.71. The number of aromatic nitrogens is 2. The number of fused-ring (bicyclic) bond motifs is 2. The summed E-state index contributed by atoms with van der Waals surface area (Å²) in [7, 11) is 0. The van der Waals surface area contributed by atoms with Crippen molar-refractivity contribution in [2.24, 2.45) is 0 Å². The first kappa shape index (κ1) is 9.30. The highest BCUT2D eigenvalue weighted by Gasteiger charge is 2.31. The van der Waals surface area contributed by atoms with Gasteiger partial charge in [0.05, 0.1) is 5.56 Å². The molecule has 1 aromatic heterocycles. The van der Waals surface area contributed by atoms with Crippen molar-refractivity contribution in [3.63, 3.8) is 0 Å². The van der Waals surface area contributed by atoms with Crippen LogP contribution in [-0.4, -0.2) is 27.5 Å². The number of hydrogen-bond donors (Lipinski definition) is 2. The van der Waals surface area contributed by atoms with Gasteiger partial charge in [-0.05, 0) is 31.6 Å². The van der Waals surface area contributed by atoms with Crippen LogP contribution in [0, 0.1) is 4.77 Å². The van der Waals surface area contributed by atoms with Crippen LogP contribution in [-0.2, 0) is 13.0 Å². The topological polar surface area (TPSA) is 51.9 Å². The molecule has 0 saturated carbocycles. The number of nitrogens with one attached hydrogen (secondary N) is 2. The number of hydrogen-bond acceptors (Lipinski definition) is 3. The van der Waals surface area contributed by atoms with E-state index in [4.69, 9.17) is 12.2 Å². The fraction of sp³-hybridized carbons (Fsp3) is 0.600. The Labute approximate surface area is 92.3 Å². The minimum absolute atomic E-state index is 0.0147. The van der Waals surface area contributed by atoms with Crippen molar-refractivity contribution in [3.05, 3.63) is 26.4 Å². The molecular formula is C10H13N3OS. The van der Waals surface area contributed by atoms with Crippen LogP contribution in [0.3, 0.4) is 0 Å². The van der Waals surface area contributed by atoms with Crippen LogP contribution >= 0.6 is 12.2 Å². The van der Waals surface area contributed by atoms with E-state index >= 15 is 0 Å². The summed E-state index contributed by atoms with van der Waals surface area (Å²) in [5.41, 5.74) is 1.91. The van der Waals surface area contributed by atoms with Crippen LogP contribution < -0.4 is 5.56 Å². The molecule has 2 aliphatic heterocycles. The second-order valence-electron chi connectivity index (χ2n) is 4.34. The normalized spacial score (nSPS) is 24.9. The molecule has 0 aliphatic carbocycles. The van der Waals surface area contributed by atoms with E-state index in [9.17, 15) is 4.79 Å². The van der Waals surface area contributed by atoms with Crippen molar-refractivity contribution < 1.29 is 0 Å². The van der Waals surface area contributed by atoms with Crippen molar-refractivity contribution in [2.75, 3.05) is 6.54 Å². The number of H-pyrrole nitrogens is 2.